The van der Waals surface area contributed by atoms with E-state index in [2.05, 4.69) is 4.98 Å². The summed E-state index contributed by atoms with van der Waals surface area (Å²) >= 11 is 0. The summed E-state index contributed by atoms with van der Waals surface area (Å²) in [7, 11) is 0. The van der Waals surface area contributed by atoms with Crippen LogP contribution in [0.15, 0.2) is 59.5 Å². The number of nitrogens with zero attached hydrogens (tertiary/aromatic N) is 2. The fourth-order valence-corrected chi connectivity index (χ4v) is 2.50. The molecule has 1 atom stereocenters. The maximum Gasteiger partial charge on any atom is 0.309 e. The normalized spacial score (nSPS) is 12.1. The Bertz CT molecular complexity index is 951. The van der Waals surface area contributed by atoms with Crippen molar-refractivity contribution in [1.82, 2.24) is 9.38 Å². The van der Waals surface area contributed by atoms with Crippen molar-refractivity contribution < 1.29 is 14.6 Å². The van der Waals surface area contributed by atoms with Gasteiger partial charge in [-0.05, 0) is 24.1 Å². The molecule has 0 fully saturated rings. The summed E-state index contributed by atoms with van der Waals surface area (Å²) in [4.78, 5) is 28.3. The number of benzene rings is 1. The highest BCUT2D eigenvalue weighted by Gasteiger charge is 2.14. The topological polar surface area (TPSA) is 80.9 Å². The number of ether oxygens (including phenoxy) is 1. The van der Waals surface area contributed by atoms with Gasteiger partial charge in [-0.25, -0.2) is 4.98 Å². The van der Waals surface area contributed by atoms with Crippen LogP contribution >= 0.6 is 0 Å². The highest BCUT2D eigenvalue weighted by Crippen LogP contribution is 2.16. The van der Waals surface area contributed by atoms with Gasteiger partial charge in [0.05, 0.1) is 18.2 Å². The van der Waals surface area contributed by atoms with Crippen molar-refractivity contribution in [3.63, 3.8) is 0 Å². The molecule has 6 nitrogen and oxygen atoms in total. The smallest absolute Gasteiger partial charge is 0.309 e. The van der Waals surface area contributed by atoms with Crippen molar-refractivity contribution in [2.45, 2.75) is 26.1 Å². The molecule has 128 valence electrons. The first-order valence-corrected chi connectivity index (χ1v) is 7.90. The third-order valence-electron chi connectivity index (χ3n) is 3.79. The summed E-state index contributed by atoms with van der Waals surface area (Å²) in [6.07, 6.45) is 0.624. The van der Waals surface area contributed by atoms with Gasteiger partial charge in [-0.2, -0.15) is 0 Å². The summed E-state index contributed by atoms with van der Waals surface area (Å²) in [6, 6.07) is 13.8. The summed E-state index contributed by atoms with van der Waals surface area (Å²) < 4.78 is 6.58. The Balaban J connectivity index is 1.65. The molecular formula is C19H18N2O4. The molecule has 2 heterocycles. The van der Waals surface area contributed by atoms with Gasteiger partial charge in [0, 0.05) is 12.3 Å². The summed E-state index contributed by atoms with van der Waals surface area (Å²) in [6.45, 7) is 1.78. The van der Waals surface area contributed by atoms with Crippen LogP contribution in [0.25, 0.3) is 5.65 Å². The number of fused-ring (bicyclic) bond motifs is 1. The van der Waals surface area contributed by atoms with E-state index in [1.54, 1.807) is 36.5 Å². The summed E-state index contributed by atoms with van der Waals surface area (Å²) in [5, 5.41) is 10.0. The molecule has 0 saturated heterocycles. The molecule has 0 spiro atoms. The van der Waals surface area contributed by atoms with Gasteiger partial charge in [0.1, 0.15) is 12.3 Å². The largest absolute Gasteiger partial charge is 0.459 e. The molecule has 0 bridgehead atoms. The van der Waals surface area contributed by atoms with Gasteiger partial charge in [0.25, 0.3) is 5.56 Å². The van der Waals surface area contributed by atoms with E-state index in [0.717, 1.165) is 5.56 Å². The first-order valence-electron chi connectivity index (χ1n) is 7.90. The van der Waals surface area contributed by atoms with Gasteiger partial charge in [-0.3, -0.25) is 14.0 Å². The number of carbonyl (C=O) groups excluding carboxylic acids is 1. The van der Waals surface area contributed by atoms with E-state index in [0.29, 0.717) is 16.9 Å². The highest BCUT2D eigenvalue weighted by atomic mass is 16.5. The van der Waals surface area contributed by atoms with Crippen LogP contribution in [0.3, 0.4) is 0 Å². The Hall–Kier alpha value is -2.99. The third-order valence-corrected chi connectivity index (χ3v) is 3.79. The van der Waals surface area contributed by atoms with Gasteiger partial charge < -0.3 is 9.84 Å². The minimum atomic E-state index is -0.924. The van der Waals surface area contributed by atoms with Crippen molar-refractivity contribution in [2.75, 3.05) is 0 Å². The second-order valence-corrected chi connectivity index (χ2v) is 5.81. The van der Waals surface area contributed by atoms with Crippen LogP contribution in [0.2, 0.25) is 0 Å². The molecule has 0 amide bonds. The molecule has 1 aromatic carbocycles. The second-order valence-electron chi connectivity index (χ2n) is 5.81. The molecule has 1 N–H and O–H groups in total. The van der Waals surface area contributed by atoms with Crippen LogP contribution < -0.4 is 5.56 Å². The van der Waals surface area contributed by atoms with Crippen LogP contribution in [0, 0.1) is 6.92 Å². The first kappa shape index (κ1) is 16.9. The van der Waals surface area contributed by atoms with E-state index in [-0.39, 0.29) is 18.6 Å². The van der Waals surface area contributed by atoms with Crippen molar-refractivity contribution >= 4 is 11.6 Å². The van der Waals surface area contributed by atoms with Crippen LogP contribution in [-0.2, 0) is 16.1 Å². The maximum atomic E-state index is 12.1. The Morgan fingerprint density at radius 3 is 2.76 bits per heavy atom. The van der Waals surface area contributed by atoms with Crippen LogP contribution in [0.4, 0.5) is 0 Å². The SMILES string of the molecule is Cc1ccc2nc(COC(=O)CC(O)c3ccccc3)cc(=O)n2c1. The first-order chi connectivity index (χ1) is 12.0. The molecule has 25 heavy (non-hydrogen) atoms. The minimum absolute atomic E-state index is 0.111. The fraction of sp³-hybridized carbons (Fsp3) is 0.211. The number of aliphatic hydroxyl groups excluding tert-OH is 1. The lowest BCUT2D eigenvalue weighted by Crippen LogP contribution is -2.17. The minimum Gasteiger partial charge on any atom is -0.459 e. The van der Waals surface area contributed by atoms with Gasteiger partial charge in [-0.15, -0.1) is 0 Å². The maximum absolute atomic E-state index is 12.1. The highest BCUT2D eigenvalue weighted by molar-refractivity contribution is 5.70. The van der Waals surface area contributed by atoms with Crippen molar-refractivity contribution in [2.24, 2.45) is 0 Å². The molecule has 0 aliphatic carbocycles. The number of hydrogen-bond acceptors (Lipinski definition) is 5. The van der Waals surface area contributed by atoms with Gasteiger partial charge in [-0.1, -0.05) is 36.4 Å². The van der Waals surface area contributed by atoms with E-state index in [1.165, 1.54) is 10.5 Å². The Labute approximate surface area is 144 Å². The fourth-order valence-electron chi connectivity index (χ4n) is 2.50. The number of aromatic nitrogens is 2. The molecule has 0 saturated carbocycles. The summed E-state index contributed by atoms with van der Waals surface area (Å²) in [5.74, 6) is -0.553. The number of pyridine rings is 1. The second kappa shape index (κ2) is 7.27. The Morgan fingerprint density at radius 1 is 1.24 bits per heavy atom. The van der Waals surface area contributed by atoms with Crippen LogP contribution in [-0.4, -0.2) is 20.5 Å². The zero-order valence-electron chi connectivity index (χ0n) is 13.8. The van der Waals surface area contributed by atoms with E-state index in [4.69, 9.17) is 4.74 Å². The van der Waals surface area contributed by atoms with Crippen LogP contribution in [0.5, 0.6) is 0 Å². The lowest BCUT2D eigenvalue weighted by Gasteiger charge is -2.11. The third kappa shape index (κ3) is 4.10. The molecule has 3 aromatic rings. The molecule has 6 heteroatoms. The van der Waals surface area contributed by atoms with Crippen LogP contribution in [0.1, 0.15) is 29.3 Å². The standard InChI is InChI=1S/C19H18N2O4/c1-13-7-8-17-20-15(9-18(23)21(17)11-13)12-25-19(24)10-16(22)14-5-3-2-4-6-14/h2-9,11,16,22H,10,12H2,1H3. The average molecular weight is 338 g/mol. The Kier molecular flexibility index (Phi) is 4.90. The Morgan fingerprint density at radius 2 is 2.00 bits per heavy atom. The summed E-state index contributed by atoms with van der Waals surface area (Å²) in [5.41, 5.74) is 2.23. The number of rotatable bonds is 5. The van der Waals surface area contributed by atoms with Gasteiger partial charge in [0.2, 0.25) is 0 Å². The predicted octanol–water partition coefficient (Wildman–Crippen LogP) is 2.17. The molecule has 1 unspecified atom stereocenters. The molecular weight excluding hydrogens is 320 g/mol. The van der Waals surface area contributed by atoms with Gasteiger partial charge in [0.15, 0.2) is 0 Å². The number of aryl methyl sites for hydroxylation is 1. The van der Waals surface area contributed by atoms with E-state index in [1.807, 2.05) is 19.1 Å². The van der Waals surface area contributed by atoms with Crippen molar-refractivity contribution in [1.29, 1.82) is 0 Å². The van der Waals surface area contributed by atoms with E-state index in [9.17, 15) is 14.7 Å². The zero-order valence-corrected chi connectivity index (χ0v) is 13.8. The quantitative estimate of drug-likeness (QED) is 0.721. The lowest BCUT2D eigenvalue weighted by atomic mass is 10.1. The molecule has 3 rings (SSSR count). The average Bonchev–Trinajstić information content (AvgIpc) is 2.61. The molecule has 0 radical (unpaired) electrons. The van der Waals surface area contributed by atoms with E-state index >= 15 is 0 Å². The molecule has 0 aliphatic heterocycles. The number of carbonyl (C=O) groups is 1. The number of hydrogen-bond donors (Lipinski definition) is 1. The van der Waals surface area contributed by atoms with Crippen molar-refractivity contribution in [3.8, 4) is 0 Å². The van der Waals surface area contributed by atoms with E-state index < -0.39 is 12.1 Å². The van der Waals surface area contributed by atoms with Crippen molar-refractivity contribution in [3.05, 3.63) is 81.9 Å². The number of esters is 1. The molecule has 0 aliphatic rings. The lowest BCUT2D eigenvalue weighted by molar-refractivity contribution is -0.147. The monoisotopic (exact) mass is 338 g/mol. The zero-order chi connectivity index (χ0) is 17.8. The molecule has 2 aromatic heterocycles. The number of aliphatic hydroxyl groups is 1. The predicted molar refractivity (Wildman–Crippen MR) is 92.0 cm³/mol. The van der Waals surface area contributed by atoms with Gasteiger partial charge >= 0.3 is 5.97 Å².